The summed E-state index contributed by atoms with van der Waals surface area (Å²) in [6, 6.07) is 11.8. The molecule has 2 aromatic carbocycles. The van der Waals surface area contributed by atoms with E-state index in [1.165, 1.54) is 12.4 Å². The number of fused-ring (bicyclic) bond motifs is 1. The van der Waals surface area contributed by atoms with Gasteiger partial charge in [0.2, 0.25) is 5.91 Å². The third kappa shape index (κ3) is 5.00. The minimum absolute atomic E-state index is 0.274. The summed E-state index contributed by atoms with van der Waals surface area (Å²) in [5.41, 5.74) is 6.83. The predicted octanol–water partition coefficient (Wildman–Crippen LogP) is 4.38. The van der Waals surface area contributed by atoms with Crippen LogP contribution in [0.2, 0.25) is 0 Å². The molecule has 0 spiro atoms. The number of rotatable bonds is 7. The second-order valence-corrected chi connectivity index (χ2v) is 9.39. The summed E-state index contributed by atoms with van der Waals surface area (Å²) in [6.07, 6.45) is 2.79. The molecule has 2 N–H and O–H groups in total. The van der Waals surface area contributed by atoms with Gasteiger partial charge in [-0.25, -0.2) is 15.0 Å². The third-order valence-corrected chi connectivity index (χ3v) is 6.95. The van der Waals surface area contributed by atoms with Gasteiger partial charge in [0.05, 0.1) is 45.6 Å². The van der Waals surface area contributed by atoms with E-state index in [0.717, 1.165) is 53.3 Å². The van der Waals surface area contributed by atoms with Gasteiger partial charge in [0.15, 0.2) is 0 Å². The number of ether oxygens (including phenoxy) is 1. The van der Waals surface area contributed by atoms with Crippen LogP contribution in [0.3, 0.4) is 0 Å². The molecule has 0 atom stereocenters. The second kappa shape index (κ2) is 10.3. The number of carbonyl (C=O) groups is 1. The van der Waals surface area contributed by atoms with Crippen LogP contribution < -0.4 is 20.3 Å². The lowest BCUT2D eigenvalue weighted by Gasteiger charge is -2.35. The topological polar surface area (TPSA) is 95.5 Å². The van der Waals surface area contributed by atoms with Gasteiger partial charge in [0, 0.05) is 43.9 Å². The first-order chi connectivity index (χ1) is 17.5. The molecule has 3 heterocycles. The monoisotopic (exact) mass is 501 g/mol. The maximum atomic E-state index is 12.2. The second-order valence-electron chi connectivity index (χ2n) is 8.50. The number of thiazole rings is 1. The Bertz CT molecular complexity index is 1410. The molecule has 36 heavy (non-hydrogen) atoms. The number of hydrogen-bond acceptors (Lipinski definition) is 9. The highest BCUT2D eigenvalue weighted by Gasteiger charge is 2.21. The molecule has 1 amide bonds. The molecule has 4 aromatic rings. The third-order valence-electron chi connectivity index (χ3n) is 6.16. The number of likely N-dealkylation sites (N-methyl/N-ethyl adjacent to an activating group) is 1. The molecule has 0 saturated carbocycles. The van der Waals surface area contributed by atoms with Gasteiger partial charge in [0.1, 0.15) is 17.9 Å². The Morgan fingerprint density at radius 1 is 1.08 bits per heavy atom. The van der Waals surface area contributed by atoms with Crippen LogP contribution in [0.5, 0.6) is 5.75 Å². The molecule has 0 aliphatic carbocycles. The van der Waals surface area contributed by atoms with Crippen molar-refractivity contribution in [3.05, 3.63) is 60.9 Å². The average Bonchev–Trinajstić information content (AvgIpc) is 3.38. The number of benzene rings is 2. The average molecular weight is 502 g/mol. The Balaban J connectivity index is 1.48. The number of methoxy groups -OCH3 is 1. The molecule has 0 bridgehead atoms. The highest BCUT2D eigenvalue weighted by molar-refractivity contribution is 7.16. The fourth-order valence-electron chi connectivity index (χ4n) is 4.16. The lowest BCUT2D eigenvalue weighted by molar-refractivity contribution is -0.111. The van der Waals surface area contributed by atoms with E-state index < -0.39 is 0 Å². The van der Waals surface area contributed by atoms with Crippen LogP contribution in [0.4, 0.5) is 22.9 Å². The number of amides is 1. The van der Waals surface area contributed by atoms with Gasteiger partial charge in [-0.2, -0.15) is 0 Å². The largest absolute Gasteiger partial charge is 0.494 e. The first-order valence-electron chi connectivity index (χ1n) is 11.6. The van der Waals surface area contributed by atoms with E-state index in [-0.39, 0.29) is 5.91 Å². The van der Waals surface area contributed by atoms with Gasteiger partial charge in [-0.05, 0) is 31.3 Å². The van der Waals surface area contributed by atoms with Crippen LogP contribution in [0, 0.1) is 0 Å². The van der Waals surface area contributed by atoms with Crippen molar-refractivity contribution < 1.29 is 9.53 Å². The fraction of sp³-hybridized carbons (Fsp3) is 0.231. The summed E-state index contributed by atoms with van der Waals surface area (Å²) < 4.78 is 6.83. The van der Waals surface area contributed by atoms with Gasteiger partial charge in [-0.15, -0.1) is 11.3 Å². The van der Waals surface area contributed by atoms with Crippen molar-refractivity contribution in [2.75, 3.05) is 55.9 Å². The van der Waals surface area contributed by atoms with Crippen LogP contribution >= 0.6 is 11.3 Å². The van der Waals surface area contributed by atoms with E-state index in [0.29, 0.717) is 22.9 Å². The number of anilines is 4. The minimum Gasteiger partial charge on any atom is -0.494 e. The number of carbonyl (C=O) groups excluding carboxylic acids is 1. The molecular weight excluding hydrogens is 474 g/mol. The van der Waals surface area contributed by atoms with E-state index in [1.54, 1.807) is 18.4 Å². The molecule has 184 valence electrons. The number of nitrogens with one attached hydrogen (secondary N) is 2. The molecule has 0 radical (unpaired) electrons. The highest BCUT2D eigenvalue weighted by atomic mass is 32.1. The van der Waals surface area contributed by atoms with Crippen molar-refractivity contribution in [2.24, 2.45) is 0 Å². The summed E-state index contributed by atoms with van der Waals surface area (Å²) >= 11 is 1.59. The van der Waals surface area contributed by atoms with E-state index in [9.17, 15) is 4.79 Å². The van der Waals surface area contributed by atoms with Crippen molar-refractivity contribution >= 4 is 50.3 Å². The van der Waals surface area contributed by atoms with Crippen molar-refractivity contribution in [2.45, 2.75) is 0 Å². The maximum absolute atomic E-state index is 12.2. The molecule has 0 unspecified atom stereocenters. The van der Waals surface area contributed by atoms with Crippen LogP contribution in [0.25, 0.3) is 21.5 Å². The predicted molar refractivity (Wildman–Crippen MR) is 145 cm³/mol. The van der Waals surface area contributed by atoms with E-state index in [4.69, 9.17) is 4.74 Å². The van der Waals surface area contributed by atoms with Crippen LogP contribution in [-0.2, 0) is 4.79 Å². The van der Waals surface area contributed by atoms with E-state index in [1.807, 2.05) is 35.8 Å². The first kappa shape index (κ1) is 23.7. The lowest BCUT2D eigenvalue weighted by atomic mass is 10.1. The number of aromatic nitrogens is 3. The van der Waals surface area contributed by atoms with E-state index >= 15 is 0 Å². The highest BCUT2D eigenvalue weighted by Crippen LogP contribution is 2.39. The molecule has 1 aliphatic rings. The summed E-state index contributed by atoms with van der Waals surface area (Å²) in [6.45, 7) is 7.17. The van der Waals surface area contributed by atoms with Crippen LogP contribution in [-0.4, -0.2) is 66.1 Å². The summed E-state index contributed by atoms with van der Waals surface area (Å²) in [5, 5.41) is 6.30. The number of piperazine rings is 1. The van der Waals surface area contributed by atoms with Gasteiger partial charge < -0.3 is 25.2 Å². The summed E-state index contributed by atoms with van der Waals surface area (Å²) in [4.78, 5) is 30.0. The number of nitrogens with zero attached hydrogens (tertiary/aromatic N) is 5. The summed E-state index contributed by atoms with van der Waals surface area (Å²) in [5.74, 6) is 0.979. The van der Waals surface area contributed by atoms with Crippen LogP contribution in [0.15, 0.2) is 60.9 Å². The lowest BCUT2D eigenvalue weighted by Crippen LogP contribution is -2.44. The molecule has 5 rings (SSSR count). The van der Waals surface area contributed by atoms with Gasteiger partial charge in [-0.1, -0.05) is 12.6 Å². The molecule has 9 nitrogen and oxygen atoms in total. The molecule has 1 fully saturated rings. The molecule has 1 saturated heterocycles. The molecule has 2 aromatic heterocycles. The smallest absolute Gasteiger partial charge is 0.247 e. The normalized spacial score (nSPS) is 14.0. The van der Waals surface area contributed by atoms with Crippen molar-refractivity contribution in [1.29, 1.82) is 0 Å². The SMILES string of the molecule is C=CC(=O)Nc1cc(Nc2cc(-c3ccc4ncsc4c3)ncn2)c(OC)cc1N1CCN(C)CC1. The van der Waals surface area contributed by atoms with E-state index in [2.05, 4.69) is 55.1 Å². The van der Waals surface area contributed by atoms with Crippen molar-refractivity contribution in [3.8, 4) is 17.0 Å². The molecule has 10 heteroatoms. The zero-order valence-electron chi connectivity index (χ0n) is 20.2. The van der Waals surface area contributed by atoms with Gasteiger partial charge in [-0.3, -0.25) is 4.79 Å². The fourth-order valence-corrected chi connectivity index (χ4v) is 4.88. The zero-order chi connectivity index (χ0) is 25.1. The standard InChI is InChI=1S/C26H27N7O2S/c1-4-26(34)31-20-12-21(23(35-3)14-22(20)33-9-7-32(2)8-10-33)30-25-13-19(27-15-28-25)17-5-6-18-24(11-17)36-16-29-18/h4-6,11-16H,1,7-10H2,2-3H3,(H,31,34)(H,27,28,30). The number of hydrogen-bond donors (Lipinski definition) is 2. The summed E-state index contributed by atoms with van der Waals surface area (Å²) in [7, 11) is 3.74. The Morgan fingerprint density at radius 3 is 2.69 bits per heavy atom. The van der Waals surface area contributed by atoms with Crippen LogP contribution in [0.1, 0.15) is 0 Å². The Kier molecular flexibility index (Phi) is 6.79. The Morgan fingerprint density at radius 2 is 1.92 bits per heavy atom. The maximum Gasteiger partial charge on any atom is 0.247 e. The van der Waals surface area contributed by atoms with Crippen molar-refractivity contribution in [3.63, 3.8) is 0 Å². The quantitative estimate of drug-likeness (QED) is 0.360. The zero-order valence-corrected chi connectivity index (χ0v) is 21.0. The first-order valence-corrected chi connectivity index (χ1v) is 12.4. The Labute approximate surface area is 213 Å². The van der Waals surface area contributed by atoms with Crippen molar-refractivity contribution in [1.82, 2.24) is 19.9 Å². The van der Waals surface area contributed by atoms with Gasteiger partial charge >= 0.3 is 0 Å². The minimum atomic E-state index is -0.274. The molecule has 1 aliphatic heterocycles. The molecular formula is C26H27N7O2S. The Hall–Kier alpha value is -4.02. The van der Waals surface area contributed by atoms with Gasteiger partial charge in [0.25, 0.3) is 0 Å².